The second-order valence-electron chi connectivity index (χ2n) is 5.22. The highest BCUT2D eigenvalue weighted by Gasteiger charge is 2.56. The molecule has 0 aromatic heterocycles. The number of nitrogens with two attached hydrogens (primary N) is 1. The van der Waals surface area contributed by atoms with Crippen LogP contribution in [0.2, 0.25) is 0 Å². The van der Waals surface area contributed by atoms with Crippen LogP contribution in [0, 0.1) is 15.9 Å². The third-order valence-electron chi connectivity index (χ3n) is 3.65. The third kappa shape index (κ3) is 1.80. The van der Waals surface area contributed by atoms with Crippen LogP contribution in [0.4, 0.5) is 10.1 Å². The maximum absolute atomic E-state index is 13.3. The first-order chi connectivity index (χ1) is 7.78. The van der Waals surface area contributed by atoms with Gasteiger partial charge in [0.1, 0.15) is 5.82 Å². The van der Waals surface area contributed by atoms with Crippen LogP contribution in [0.3, 0.4) is 0 Å². The van der Waals surface area contributed by atoms with Crippen molar-refractivity contribution >= 4 is 5.69 Å². The van der Waals surface area contributed by atoms with Crippen molar-refractivity contribution in [2.45, 2.75) is 37.6 Å². The summed E-state index contributed by atoms with van der Waals surface area (Å²) in [5, 5.41) is 11.0. The molecule has 1 aromatic carbocycles. The van der Waals surface area contributed by atoms with Crippen molar-refractivity contribution in [2.75, 3.05) is 0 Å². The monoisotopic (exact) mass is 238 g/mol. The molecular formula is C12H15FN2O2. The second-order valence-corrected chi connectivity index (χ2v) is 5.22. The Balaban J connectivity index is 2.59. The largest absolute Gasteiger partial charge is 0.325 e. The SMILES string of the molecule is CC(C)(N)C1(c2cc(F)ccc2[N+](=O)[O-])CC1. The topological polar surface area (TPSA) is 69.2 Å². The van der Waals surface area contributed by atoms with E-state index in [1.54, 1.807) is 0 Å². The quantitative estimate of drug-likeness (QED) is 0.649. The lowest BCUT2D eigenvalue weighted by Gasteiger charge is -2.30. The number of hydrogen-bond donors (Lipinski definition) is 1. The highest BCUT2D eigenvalue weighted by molar-refractivity contribution is 5.50. The maximum Gasteiger partial charge on any atom is 0.273 e. The van der Waals surface area contributed by atoms with Gasteiger partial charge >= 0.3 is 0 Å². The fourth-order valence-electron chi connectivity index (χ4n) is 2.44. The zero-order valence-corrected chi connectivity index (χ0v) is 9.87. The van der Waals surface area contributed by atoms with E-state index in [0.717, 1.165) is 18.9 Å². The van der Waals surface area contributed by atoms with Crippen molar-refractivity contribution < 1.29 is 9.31 Å². The van der Waals surface area contributed by atoms with E-state index in [4.69, 9.17) is 5.73 Å². The van der Waals surface area contributed by atoms with Gasteiger partial charge in [0.25, 0.3) is 5.69 Å². The van der Waals surface area contributed by atoms with Gasteiger partial charge in [-0.1, -0.05) is 0 Å². The van der Waals surface area contributed by atoms with Gasteiger partial charge in [0, 0.05) is 22.6 Å². The van der Waals surface area contributed by atoms with E-state index in [0.29, 0.717) is 5.56 Å². The van der Waals surface area contributed by atoms with Gasteiger partial charge in [-0.05, 0) is 38.8 Å². The lowest BCUT2D eigenvalue weighted by Crippen LogP contribution is -2.45. The number of hydrogen-bond acceptors (Lipinski definition) is 3. The molecule has 1 aromatic rings. The van der Waals surface area contributed by atoms with E-state index in [1.165, 1.54) is 12.1 Å². The zero-order valence-electron chi connectivity index (χ0n) is 9.87. The molecule has 0 spiro atoms. The average Bonchev–Trinajstić information content (AvgIpc) is 2.96. The fraction of sp³-hybridized carbons (Fsp3) is 0.500. The molecule has 5 heteroatoms. The van der Waals surface area contributed by atoms with Crippen LogP contribution in [0.5, 0.6) is 0 Å². The molecule has 0 bridgehead atoms. The Morgan fingerprint density at radius 3 is 2.47 bits per heavy atom. The molecule has 1 aliphatic rings. The summed E-state index contributed by atoms with van der Waals surface area (Å²) in [6, 6.07) is 3.58. The Bertz CT molecular complexity index is 476. The summed E-state index contributed by atoms with van der Waals surface area (Å²) in [7, 11) is 0. The summed E-state index contributed by atoms with van der Waals surface area (Å²) in [6.07, 6.45) is 1.53. The predicted octanol–water partition coefficient (Wildman–Crippen LogP) is 2.50. The van der Waals surface area contributed by atoms with Gasteiger partial charge < -0.3 is 5.73 Å². The highest BCUT2D eigenvalue weighted by atomic mass is 19.1. The van der Waals surface area contributed by atoms with E-state index in [-0.39, 0.29) is 5.69 Å². The molecule has 92 valence electrons. The second kappa shape index (κ2) is 3.50. The summed E-state index contributed by atoms with van der Waals surface area (Å²) < 4.78 is 13.3. The fourth-order valence-corrected chi connectivity index (χ4v) is 2.44. The number of rotatable bonds is 3. The van der Waals surface area contributed by atoms with Gasteiger partial charge in [-0.2, -0.15) is 0 Å². The van der Waals surface area contributed by atoms with E-state index in [2.05, 4.69) is 0 Å². The molecule has 1 aliphatic carbocycles. The Kier molecular flexibility index (Phi) is 2.47. The Morgan fingerprint density at radius 1 is 1.47 bits per heavy atom. The van der Waals surface area contributed by atoms with Gasteiger partial charge in [-0.15, -0.1) is 0 Å². The van der Waals surface area contributed by atoms with Crippen molar-refractivity contribution in [3.05, 3.63) is 39.7 Å². The van der Waals surface area contributed by atoms with E-state index < -0.39 is 21.7 Å². The normalized spacial score (nSPS) is 17.9. The van der Waals surface area contributed by atoms with Gasteiger partial charge in [-0.3, -0.25) is 10.1 Å². The molecule has 17 heavy (non-hydrogen) atoms. The molecule has 2 N–H and O–H groups in total. The molecule has 0 radical (unpaired) electrons. The molecule has 0 amide bonds. The Morgan fingerprint density at radius 2 is 2.06 bits per heavy atom. The first kappa shape index (κ1) is 12.0. The number of nitrogens with zero attached hydrogens (tertiary/aromatic N) is 1. The lowest BCUT2D eigenvalue weighted by molar-refractivity contribution is -0.386. The van der Waals surface area contributed by atoms with Crippen molar-refractivity contribution in [3.8, 4) is 0 Å². The molecule has 0 atom stereocenters. The number of halogens is 1. The van der Waals surface area contributed by atoms with Crippen molar-refractivity contribution in [1.82, 2.24) is 0 Å². The van der Waals surface area contributed by atoms with Crippen LogP contribution >= 0.6 is 0 Å². The third-order valence-corrected chi connectivity index (χ3v) is 3.65. The Hall–Kier alpha value is -1.49. The summed E-state index contributed by atoms with van der Waals surface area (Å²) >= 11 is 0. The van der Waals surface area contributed by atoms with Gasteiger partial charge in [0.2, 0.25) is 0 Å². The summed E-state index contributed by atoms with van der Waals surface area (Å²) in [4.78, 5) is 10.5. The number of nitro benzene ring substituents is 1. The first-order valence-electron chi connectivity index (χ1n) is 5.51. The average molecular weight is 238 g/mol. The van der Waals surface area contributed by atoms with Crippen LogP contribution in [0.1, 0.15) is 32.3 Å². The maximum atomic E-state index is 13.3. The predicted molar refractivity (Wildman–Crippen MR) is 62.2 cm³/mol. The summed E-state index contributed by atoms with van der Waals surface area (Å²) in [5.41, 5.74) is 5.42. The van der Waals surface area contributed by atoms with Gasteiger partial charge in [0.05, 0.1) is 4.92 Å². The van der Waals surface area contributed by atoms with Crippen LogP contribution in [-0.4, -0.2) is 10.5 Å². The Labute approximate surface area is 98.8 Å². The molecule has 4 nitrogen and oxygen atoms in total. The van der Waals surface area contributed by atoms with Gasteiger partial charge in [-0.25, -0.2) is 4.39 Å². The van der Waals surface area contributed by atoms with Crippen LogP contribution < -0.4 is 5.73 Å². The number of nitro groups is 1. The standard InChI is InChI=1S/C12H15FN2O2/c1-11(2,14)12(5-6-12)9-7-8(13)3-4-10(9)15(16)17/h3-4,7H,5-6,14H2,1-2H3. The first-order valence-corrected chi connectivity index (χ1v) is 5.51. The molecule has 1 saturated carbocycles. The molecule has 0 saturated heterocycles. The molecule has 0 aliphatic heterocycles. The molecule has 2 rings (SSSR count). The minimum absolute atomic E-state index is 0.0394. The van der Waals surface area contributed by atoms with Gasteiger partial charge in [0.15, 0.2) is 0 Å². The van der Waals surface area contributed by atoms with Crippen LogP contribution in [0.15, 0.2) is 18.2 Å². The lowest BCUT2D eigenvalue weighted by atomic mass is 9.78. The van der Waals surface area contributed by atoms with Crippen molar-refractivity contribution in [3.63, 3.8) is 0 Å². The number of benzene rings is 1. The van der Waals surface area contributed by atoms with E-state index in [1.807, 2.05) is 13.8 Å². The van der Waals surface area contributed by atoms with Crippen molar-refractivity contribution in [2.24, 2.45) is 5.73 Å². The minimum atomic E-state index is -0.592. The summed E-state index contributed by atoms with van der Waals surface area (Å²) in [6.45, 7) is 3.66. The molecular weight excluding hydrogens is 223 g/mol. The molecule has 0 unspecified atom stereocenters. The van der Waals surface area contributed by atoms with Crippen LogP contribution in [-0.2, 0) is 5.41 Å². The minimum Gasteiger partial charge on any atom is -0.325 e. The molecule has 0 heterocycles. The zero-order chi connectivity index (χ0) is 12.8. The van der Waals surface area contributed by atoms with E-state index >= 15 is 0 Å². The molecule has 1 fully saturated rings. The summed E-state index contributed by atoms with van der Waals surface area (Å²) in [5.74, 6) is -0.457. The highest BCUT2D eigenvalue weighted by Crippen LogP contribution is 2.56. The van der Waals surface area contributed by atoms with E-state index in [9.17, 15) is 14.5 Å². The van der Waals surface area contributed by atoms with Crippen molar-refractivity contribution in [1.29, 1.82) is 0 Å². The van der Waals surface area contributed by atoms with Crippen LogP contribution in [0.25, 0.3) is 0 Å². The smallest absolute Gasteiger partial charge is 0.273 e.